The molecule has 0 fully saturated rings. The van der Waals surface area contributed by atoms with Crippen LogP contribution in [0.4, 0.5) is 13.2 Å². The Hall–Kier alpha value is -3.14. The Labute approximate surface area is 173 Å². The molecule has 0 N–H and O–H groups in total. The first-order chi connectivity index (χ1) is 13.9. The summed E-state index contributed by atoms with van der Waals surface area (Å²) in [6, 6.07) is 14.5. The minimum atomic E-state index is -5.01. The van der Waals surface area contributed by atoms with Crippen LogP contribution in [0, 0.1) is 12.5 Å². The van der Waals surface area contributed by atoms with Gasteiger partial charge in [0.15, 0.2) is 11.7 Å². The Morgan fingerprint density at radius 3 is 1.90 bits per heavy atom. The van der Waals surface area contributed by atoms with Gasteiger partial charge in [-0.25, -0.2) is 11.4 Å². The standard InChI is InChI=1S/C23H22F3NO3/c1-21(2,3)30-20(29)22(27-4,17-13-9-6-10-14-17)19(23(24,25)26)15-18(28)16-11-7-5-8-12-16/h5-14,19H,15H2,1-3H3/t19-,22-/m0/s1. The van der Waals surface area contributed by atoms with Gasteiger partial charge in [0.05, 0.1) is 0 Å². The maximum Gasteiger partial charge on any atom is 0.401 e. The Morgan fingerprint density at radius 1 is 0.967 bits per heavy atom. The molecule has 2 aromatic carbocycles. The summed E-state index contributed by atoms with van der Waals surface area (Å²) in [5, 5.41) is 0. The quantitative estimate of drug-likeness (QED) is 0.350. The van der Waals surface area contributed by atoms with Crippen LogP contribution in [0.15, 0.2) is 60.7 Å². The number of halogens is 3. The number of ether oxygens (including phenoxy) is 1. The minimum Gasteiger partial charge on any atom is -0.454 e. The maximum atomic E-state index is 14.3. The molecule has 0 radical (unpaired) electrons. The van der Waals surface area contributed by atoms with Crippen LogP contribution >= 0.6 is 0 Å². The zero-order valence-electron chi connectivity index (χ0n) is 16.9. The van der Waals surface area contributed by atoms with E-state index in [4.69, 9.17) is 11.3 Å². The molecule has 0 saturated carbocycles. The molecule has 0 amide bonds. The number of rotatable bonds is 6. The molecule has 2 aromatic rings. The van der Waals surface area contributed by atoms with Crippen molar-refractivity contribution in [1.82, 2.24) is 0 Å². The van der Waals surface area contributed by atoms with Gasteiger partial charge in [-0.15, -0.1) is 0 Å². The highest BCUT2D eigenvalue weighted by Gasteiger charge is 2.66. The number of hydrogen-bond acceptors (Lipinski definition) is 3. The van der Waals surface area contributed by atoms with Gasteiger partial charge >= 0.3 is 17.7 Å². The van der Waals surface area contributed by atoms with Gasteiger partial charge in [0.25, 0.3) is 0 Å². The van der Waals surface area contributed by atoms with Crippen molar-refractivity contribution in [2.45, 2.75) is 44.5 Å². The number of carbonyl (C=O) groups excluding carboxylic acids is 2. The Bertz CT molecular complexity index is 928. The first-order valence-corrected chi connectivity index (χ1v) is 9.24. The highest BCUT2D eigenvalue weighted by molar-refractivity contribution is 5.97. The fourth-order valence-electron chi connectivity index (χ4n) is 3.13. The summed E-state index contributed by atoms with van der Waals surface area (Å²) in [5.41, 5.74) is -3.97. The molecule has 7 heteroatoms. The Balaban J connectivity index is 2.66. The summed E-state index contributed by atoms with van der Waals surface area (Å²) in [7, 11) is 0. The van der Waals surface area contributed by atoms with Crippen molar-refractivity contribution >= 4 is 11.8 Å². The number of nitrogens with zero attached hydrogens (tertiary/aromatic N) is 1. The van der Waals surface area contributed by atoms with Gasteiger partial charge < -0.3 is 4.74 Å². The number of alkyl halides is 3. The third-order valence-corrected chi connectivity index (χ3v) is 4.49. The van der Waals surface area contributed by atoms with Crippen LogP contribution in [0.25, 0.3) is 4.85 Å². The average Bonchev–Trinajstić information content (AvgIpc) is 2.67. The summed E-state index contributed by atoms with van der Waals surface area (Å²) >= 11 is 0. The van der Waals surface area contributed by atoms with E-state index in [0.29, 0.717) is 0 Å². The number of esters is 1. The van der Waals surface area contributed by atoms with Gasteiger partial charge in [-0.1, -0.05) is 60.7 Å². The fraction of sp³-hybridized carbons (Fsp3) is 0.348. The molecule has 4 nitrogen and oxygen atoms in total. The van der Waals surface area contributed by atoms with Crippen LogP contribution in [-0.2, 0) is 15.1 Å². The van der Waals surface area contributed by atoms with Crippen LogP contribution < -0.4 is 0 Å². The molecule has 158 valence electrons. The van der Waals surface area contributed by atoms with Crippen LogP contribution in [0.3, 0.4) is 0 Å². The lowest BCUT2D eigenvalue weighted by Gasteiger charge is -2.32. The monoisotopic (exact) mass is 417 g/mol. The van der Waals surface area contributed by atoms with E-state index in [1.54, 1.807) is 12.1 Å². The molecule has 0 aliphatic carbocycles. The molecule has 0 aliphatic heterocycles. The van der Waals surface area contributed by atoms with E-state index in [1.165, 1.54) is 69.3 Å². The van der Waals surface area contributed by atoms with E-state index in [-0.39, 0.29) is 11.1 Å². The zero-order chi connectivity index (χ0) is 22.6. The minimum absolute atomic E-state index is 0.0721. The second-order valence-electron chi connectivity index (χ2n) is 7.83. The van der Waals surface area contributed by atoms with E-state index >= 15 is 0 Å². The van der Waals surface area contributed by atoms with Crippen molar-refractivity contribution < 1.29 is 27.5 Å². The van der Waals surface area contributed by atoms with Crippen molar-refractivity contribution in [3.63, 3.8) is 0 Å². The Kier molecular flexibility index (Phi) is 6.71. The average molecular weight is 417 g/mol. The van der Waals surface area contributed by atoms with Crippen LogP contribution in [0.1, 0.15) is 43.1 Å². The van der Waals surface area contributed by atoms with Crippen LogP contribution in [-0.4, -0.2) is 23.5 Å². The predicted molar refractivity (Wildman–Crippen MR) is 106 cm³/mol. The van der Waals surface area contributed by atoms with Crippen LogP contribution in [0.2, 0.25) is 0 Å². The number of hydrogen-bond donors (Lipinski definition) is 0. The highest BCUT2D eigenvalue weighted by atomic mass is 19.4. The topological polar surface area (TPSA) is 47.7 Å². The van der Waals surface area contributed by atoms with Crippen molar-refractivity contribution in [2.24, 2.45) is 5.92 Å². The molecule has 30 heavy (non-hydrogen) atoms. The van der Waals surface area contributed by atoms with Gasteiger partial charge in [0.1, 0.15) is 5.60 Å². The summed E-state index contributed by atoms with van der Waals surface area (Å²) in [6.45, 7) is 12.2. The number of Topliss-reactive ketones (excluding diaryl/α,β-unsaturated/α-hetero) is 1. The molecule has 0 bridgehead atoms. The number of carbonyl (C=O) groups is 2. The zero-order valence-corrected chi connectivity index (χ0v) is 16.9. The van der Waals surface area contributed by atoms with Gasteiger partial charge in [0, 0.05) is 17.5 Å². The van der Waals surface area contributed by atoms with E-state index in [9.17, 15) is 22.8 Å². The SMILES string of the molecule is [C-]#[N+][C@@](C(=O)OC(C)(C)C)(c1ccccc1)[C@H](CC(=O)c1ccccc1)C(F)(F)F. The third-order valence-electron chi connectivity index (χ3n) is 4.49. The van der Waals surface area contributed by atoms with Gasteiger partial charge in [-0.05, 0) is 20.8 Å². The van der Waals surface area contributed by atoms with Crippen LogP contribution in [0.5, 0.6) is 0 Å². The van der Waals surface area contributed by atoms with E-state index in [2.05, 4.69) is 4.85 Å². The molecule has 0 aromatic heterocycles. The molecular formula is C23H22F3NO3. The molecule has 0 heterocycles. The van der Waals surface area contributed by atoms with Gasteiger partial charge in [0.2, 0.25) is 0 Å². The summed E-state index contributed by atoms with van der Waals surface area (Å²) in [6.07, 6.45) is -6.08. The molecule has 0 saturated heterocycles. The van der Waals surface area contributed by atoms with Gasteiger partial charge in [-0.3, -0.25) is 9.64 Å². The second kappa shape index (κ2) is 8.70. The first-order valence-electron chi connectivity index (χ1n) is 9.24. The summed E-state index contributed by atoms with van der Waals surface area (Å²) in [5.74, 6) is -4.74. The molecule has 2 rings (SSSR count). The smallest absolute Gasteiger partial charge is 0.401 e. The fourth-order valence-corrected chi connectivity index (χ4v) is 3.13. The molecule has 0 spiro atoms. The molecular weight excluding hydrogens is 395 g/mol. The maximum absolute atomic E-state index is 14.3. The predicted octanol–water partition coefficient (Wildman–Crippen LogP) is 5.59. The Morgan fingerprint density at radius 2 is 1.47 bits per heavy atom. The van der Waals surface area contributed by atoms with Crippen molar-refractivity contribution in [3.8, 4) is 0 Å². The van der Waals surface area contributed by atoms with E-state index in [1.807, 2.05) is 0 Å². The number of benzene rings is 2. The highest BCUT2D eigenvalue weighted by Crippen LogP contribution is 2.47. The number of ketones is 1. The lowest BCUT2D eigenvalue weighted by molar-refractivity contribution is -0.202. The molecule has 2 atom stereocenters. The second-order valence-corrected chi connectivity index (χ2v) is 7.83. The first kappa shape index (κ1) is 23.1. The molecule has 0 unspecified atom stereocenters. The van der Waals surface area contributed by atoms with Gasteiger partial charge in [-0.2, -0.15) is 13.2 Å². The third kappa shape index (κ3) is 5.07. The van der Waals surface area contributed by atoms with Crippen molar-refractivity contribution in [1.29, 1.82) is 0 Å². The van der Waals surface area contributed by atoms with Crippen molar-refractivity contribution in [3.05, 3.63) is 83.2 Å². The lowest BCUT2D eigenvalue weighted by atomic mass is 9.74. The van der Waals surface area contributed by atoms with Crippen molar-refractivity contribution in [2.75, 3.05) is 0 Å². The largest absolute Gasteiger partial charge is 0.454 e. The summed E-state index contributed by atoms with van der Waals surface area (Å²) < 4.78 is 48.0. The summed E-state index contributed by atoms with van der Waals surface area (Å²) in [4.78, 5) is 28.9. The van der Waals surface area contributed by atoms with E-state index < -0.39 is 41.4 Å². The normalized spacial score (nSPS) is 14.8. The molecule has 0 aliphatic rings. The lowest BCUT2D eigenvalue weighted by Crippen LogP contribution is -2.50. The van der Waals surface area contributed by atoms with E-state index in [0.717, 1.165) is 0 Å².